The maximum Gasteiger partial charge on any atom is 0.305 e. The number of nitrogens with zero attached hydrogens (tertiary/aromatic N) is 6. The number of aryl methyl sites for hydroxylation is 1. The lowest BCUT2D eigenvalue weighted by Crippen LogP contribution is -3.00. The molecular weight excluding hydrogens is 776 g/mol. The Morgan fingerprint density at radius 2 is 0.877 bits per heavy atom. The van der Waals surface area contributed by atoms with Crippen molar-refractivity contribution in [2.75, 3.05) is 7.11 Å². The van der Waals surface area contributed by atoms with E-state index in [1.165, 1.54) is 7.11 Å². The number of esters is 1. The highest BCUT2D eigenvalue weighted by Gasteiger charge is 2.19. The maximum atomic E-state index is 11.6. The summed E-state index contributed by atoms with van der Waals surface area (Å²) < 4.78 is 6.95. The van der Waals surface area contributed by atoms with Gasteiger partial charge in [0, 0.05) is 106 Å². The van der Waals surface area contributed by atoms with Crippen molar-refractivity contribution in [3.8, 4) is 44.5 Å². The zero-order chi connectivity index (χ0) is 37.8. The van der Waals surface area contributed by atoms with Crippen LogP contribution in [-0.2, 0) is 16.1 Å². The number of carbonyl (C=O) groups is 1. The van der Waals surface area contributed by atoms with E-state index < -0.39 is 0 Å². The molecule has 2 N–H and O–H groups in total. The normalized spacial score (nSPS) is 11.7. The third-order valence-electron chi connectivity index (χ3n) is 10.1. The van der Waals surface area contributed by atoms with Crippen LogP contribution in [0.2, 0.25) is 0 Å². The summed E-state index contributed by atoms with van der Waals surface area (Å²) in [5, 5.41) is 0. The predicted octanol–water partition coefficient (Wildman–Crippen LogP) is 6.14. The lowest BCUT2D eigenvalue weighted by atomic mass is 10.0. The standard InChI is InChI=1S/C46H36N8O2.BrH/c1-56-42(55)4-2-3-27-54-28-19-33(20-29-54)46-40-11-9-38(52-40)44(31-15-23-48-24-16-31)36-7-5-34(50-36)43(30-13-21-47-22-14-30)35-6-8-37(51-35)45(32-17-25-49-26-18-32)39-10-12-41(46)53-39;/h5-26,28-29H,2-4,27H2,1H3,(H,50,51,52,53);1H. The van der Waals surface area contributed by atoms with Crippen LogP contribution in [0.15, 0.2) is 122 Å². The van der Waals surface area contributed by atoms with Crippen molar-refractivity contribution in [3.05, 3.63) is 145 Å². The molecule has 10 nitrogen and oxygen atoms in total. The molecule has 280 valence electrons. The van der Waals surface area contributed by atoms with E-state index in [1.54, 1.807) is 0 Å². The van der Waals surface area contributed by atoms with Crippen molar-refractivity contribution in [1.29, 1.82) is 0 Å². The fourth-order valence-corrected chi connectivity index (χ4v) is 7.41. The summed E-state index contributed by atoms with van der Waals surface area (Å²) >= 11 is 0. The molecule has 7 aromatic heterocycles. The second-order valence-corrected chi connectivity index (χ2v) is 13.6. The van der Waals surface area contributed by atoms with E-state index in [9.17, 15) is 4.79 Å². The van der Waals surface area contributed by atoms with Crippen molar-refractivity contribution < 1.29 is 31.1 Å². The molecule has 57 heavy (non-hydrogen) atoms. The highest BCUT2D eigenvalue weighted by Crippen LogP contribution is 2.38. The molecule has 0 aromatic carbocycles. The van der Waals surface area contributed by atoms with Gasteiger partial charge in [-0.15, -0.1) is 0 Å². The van der Waals surface area contributed by atoms with E-state index >= 15 is 0 Å². The third kappa shape index (κ3) is 7.57. The summed E-state index contributed by atoms with van der Waals surface area (Å²) in [5.41, 5.74) is 14.8. The van der Waals surface area contributed by atoms with Gasteiger partial charge in [0.05, 0.1) is 29.9 Å². The number of fused-ring (bicyclic) bond motifs is 8. The maximum absolute atomic E-state index is 11.6. The molecule has 0 aliphatic carbocycles. The van der Waals surface area contributed by atoms with Gasteiger partial charge < -0.3 is 31.7 Å². The number of nitrogens with one attached hydrogen (secondary N) is 2. The molecule has 2 aliphatic rings. The number of H-pyrrole nitrogens is 2. The molecule has 0 saturated heterocycles. The number of aromatic nitrogens is 8. The predicted molar refractivity (Wildman–Crippen MR) is 220 cm³/mol. The number of halogens is 1. The Labute approximate surface area is 339 Å². The zero-order valence-corrected chi connectivity index (χ0v) is 32.6. The molecule has 11 heteroatoms. The SMILES string of the molecule is COC(=O)CCCC[n+]1ccc(-c2c3nc(c(-c4ccncc4)c4ccc([nH]4)c(-c4ccncc4)c4nc(c(-c5ccncc5)c5ccc2[nH]5)C=C4)C=C3)cc1.[Br-]. The average Bonchev–Trinajstić information content (AvgIpc) is 4.09. The fourth-order valence-electron chi connectivity index (χ4n) is 7.41. The Morgan fingerprint density at radius 1 is 0.526 bits per heavy atom. The molecule has 0 unspecified atom stereocenters. The number of carbonyl (C=O) groups excluding carboxylic acids is 1. The second kappa shape index (κ2) is 16.5. The van der Waals surface area contributed by atoms with E-state index in [-0.39, 0.29) is 23.0 Å². The molecule has 7 aromatic rings. The molecule has 0 fully saturated rings. The summed E-state index contributed by atoms with van der Waals surface area (Å²) in [6.07, 6.45) is 25.4. The van der Waals surface area contributed by atoms with Crippen LogP contribution < -0.4 is 21.5 Å². The molecule has 9 rings (SSSR count). The zero-order valence-electron chi connectivity index (χ0n) is 31.1. The van der Waals surface area contributed by atoms with Crippen LogP contribution in [-0.4, -0.2) is 48.0 Å². The Bertz CT molecular complexity index is 2760. The molecule has 0 atom stereocenters. The van der Waals surface area contributed by atoms with Crippen LogP contribution in [0.3, 0.4) is 0 Å². The van der Waals surface area contributed by atoms with Crippen molar-refractivity contribution >= 4 is 52.3 Å². The van der Waals surface area contributed by atoms with Crippen LogP contribution in [0.25, 0.3) is 90.9 Å². The topological polar surface area (TPSA) is 126 Å². The molecule has 0 amide bonds. The van der Waals surface area contributed by atoms with Crippen molar-refractivity contribution in [2.24, 2.45) is 0 Å². The molecule has 0 radical (unpaired) electrons. The first-order valence-corrected chi connectivity index (χ1v) is 18.6. The summed E-state index contributed by atoms with van der Waals surface area (Å²) in [6, 6.07) is 24.8. The van der Waals surface area contributed by atoms with Gasteiger partial charge in [-0.1, -0.05) is 0 Å². The van der Waals surface area contributed by atoms with Gasteiger partial charge in [0.15, 0.2) is 12.4 Å². The number of unbranched alkanes of at least 4 members (excludes halogenated alkanes) is 1. The van der Waals surface area contributed by atoms with E-state index in [4.69, 9.17) is 14.7 Å². The van der Waals surface area contributed by atoms with Gasteiger partial charge in [-0.25, -0.2) is 14.5 Å². The van der Waals surface area contributed by atoms with Crippen molar-refractivity contribution in [1.82, 2.24) is 34.9 Å². The van der Waals surface area contributed by atoms with Gasteiger partial charge >= 0.3 is 5.97 Å². The van der Waals surface area contributed by atoms with Crippen molar-refractivity contribution in [3.63, 3.8) is 0 Å². The van der Waals surface area contributed by atoms with Crippen LogP contribution in [0.5, 0.6) is 0 Å². The first-order valence-electron chi connectivity index (χ1n) is 18.6. The highest BCUT2D eigenvalue weighted by molar-refractivity contribution is 5.99. The fraction of sp³-hybridized carbons (Fsp3) is 0.109. The summed E-state index contributed by atoms with van der Waals surface area (Å²) in [6.45, 7) is 0.791. The first-order chi connectivity index (χ1) is 27.6. The number of ether oxygens (including phenoxy) is 1. The van der Waals surface area contributed by atoms with Crippen LogP contribution in [0.4, 0.5) is 0 Å². The van der Waals surface area contributed by atoms with Crippen LogP contribution >= 0.6 is 0 Å². The largest absolute Gasteiger partial charge is 1.00 e. The minimum Gasteiger partial charge on any atom is -1.00 e. The number of methoxy groups -OCH3 is 1. The monoisotopic (exact) mass is 812 g/mol. The quantitative estimate of drug-likeness (QED) is 0.102. The molecule has 9 heterocycles. The van der Waals surface area contributed by atoms with Gasteiger partial charge in [-0.2, -0.15) is 0 Å². The van der Waals surface area contributed by atoms with Gasteiger partial charge in [0.1, 0.15) is 6.54 Å². The smallest absolute Gasteiger partial charge is 0.305 e. The first kappa shape index (κ1) is 37.1. The minimum absolute atomic E-state index is 0. The minimum atomic E-state index is -0.179. The number of hydrogen-bond donors (Lipinski definition) is 2. The summed E-state index contributed by atoms with van der Waals surface area (Å²) in [4.78, 5) is 42.8. The third-order valence-corrected chi connectivity index (χ3v) is 10.1. The summed E-state index contributed by atoms with van der Waals surface area (Å²) in [7, 11) is 1.43. The average molecular weight is 814 g/mol. The molecule has 8 bridgehead atoms. The molecule has 0 spiro atoms. The van der Waals surface area contributed by atoms with Gasteiger partial charge in [0.25, 0.3) is 0 Å². The van der Waals surface area contributed by atoms with Crippen LogP contribution in [0.1, 0.15) is 42.0 Å². The second-order valence-electron chi connectivity index (χ2n) is 13.6. The Kier molecular flexibility index (Phi) is 10.7. The van der Waals surface area contributed by atoms with Gasteiger partial charge in [0.2, 0.25) is 0 Å². The van der Waals surface area contributed by atoms with E-state index in [1.807, 2.05) is 73.6 Å². The summed E-state index contributed by atoms with van der Waals surface area (Å²) in [5.74, 6) is -0.179. The Balaban J connectivity index is 0.00000455. The van der Waals surface area contributed by atoms with E-state index in [0.29, 0.717) is 6.42 Å². The lowest BCUT2D eigenvalue weighted by molar-refractivity contribution is -0.697. The molecular formula is C46H37BrN8O2. The molecule has 0 saturated carbocycles. The Morgan fingerprint density at radius 3 is 1.23 bits per heavy atom. The number of pyridine rings is 4. The van der Waals surface area contributed by atoms with Crippen LogP contribution in [0, 0.1) is 0 Å². The Hall–Kier alpha value is -6.85. The number of hydrogen-bond acceptors (Lipinski definition) is 7. The van der Waals surface area contributed by atoms with Crippen molar-refractivity contribution in [2.45, 2.75) is 25.8 Å². The van der Waals surface area contributed by atoms with E-state index in [0.717, 1.165) is 109 Å². The lowest BCUT2D eigenvalue weighted by Gasteiger charge is -2.06. The molecule has 2 aliphatic heterocycles. The number of rotatable bonds is 9. The van der Waals surface area contributed by atoms with Gasteiger partial charge in [-0.3, -0.25) is 19.7 Å². The van der Waals surface area contributed by atoms with Gasteiger partial charge in [-0.05, 0) is 114 Å². The number of aromatic amines is 2. The highest BCUT2D eigenvalue weighted by atomic mass is 79.9. The van der Waals surface area contributed by atoms with E-state index in [2.05, 4.69) is 103 Å².